The maximum absolute atomic E-state index is 11.2. The maximum Gasteiger partial charge on any atom is 0.271 e. The van der Waals surface area contributed by atoms with E-state index in [9.17, 15) is 9.59 Å². The van der Waals surface area contributed by atoms with E-state index in [2.05, 4.69) is 0 Å². The number of hydrogen-bond donors (Lipinski definition) is 2. The fraction of sp³-hybridized carbons (Fsp3) is 0.273. The van der Waals surface area contributed by atoms with Crippen LogP contribution in [0.5, 0.6) is 11.5 Å². The molecule has 0 saturated carbocycles. The zero-order chi connectivity index (χ0) is 12.8. The first-order chi connectivity index (χ1) is 8.08. The second kappa shape index (κ2) is 5.86. The van der Waals surface area contributed by atoms with E-state index in [4.69, 9.17) is 15.3 Å². The molecule has 1 amide bonds. The van der Waals surface area contributed by atoms with Crippen molar-refractivity contribution in [1.29, 1.82) is 0 Å². The lowest BCUT2D eigenvalue weighted by Gasteiger charge is -2.10. The van der Waals surface area contributed by atoms with Gasteiger partial charge in [0, 0.05) is 5.56 Å². The highest BCUT2D eigenvalue weighted by molar-refractivity contribution is 5.94. The van der Waals surface area contributed by atoms with Crippen LogP contribution >= 0.6 is 0 Å². The van der Waals surface area contributed by atoms with E-state index in [1.807, 2.05) is 5.43 Å². The normalized spacial score (nSPS) is 9.59. The van der Waals surface area contributed by atoms with Gasteiger partial charge in [0.2, 0.25) is 0 Å². The number of Topliss-reactive ketones (excluding diaryl/α,β-unsaturated/α-hetero) is 1. The van der Waals surface area contributed by atoms with Gasteiger partial charge in [-0.3, -0.25) is 15.0 Å². The van der Waals surface area contributed by atoms with Crippen molar-refractivity contribution in [2.75, 3.05) is 13.7 Å². The number of carbonyl (C=O) groups is 2. The van der Waals surface area contributed by atoms with Crippen LogP contribution in [0.1, 0.15) is 17.3 Å². The number of benzene rings is 1. The summed E-state index contributed by atoms with van der Waals surface area (Å²) in [5.41, 5.74) is 2.45. The molecule has 0 bridgehead atoms. The summed E-state index contributed by atoms with van der Waals surface area (Å²) in [6, 6.07) is 4.72. The van der Waals surface area contributed by atoms with E-state index >= 15 is 0 Å². The van der Waals surface area contributed by atoms with E-state index in [0.29, 0.717) is 17.1 Å². The number of ketones is 1. The van der Waals surface area contributed by atoms with E-state index in [1.165, 1.54) is 14.0 Å². The molecule has 1 aromatic carbocycles. The molecule has 6 heteroatoms. The Kier molecular flexibility index (Phi) is 4.47. The molecule has 1 aromatic rings. The average Bonchev–Trinajstić information content (AvgIpc) is 2.35. The van der Waals surface area contributed by atoms with Crippen LogP contribution in [0.4, 0.5) is 0 Å². The smallest absolute Gasteiger partial charge is 0.271 e. The minimum absolute atomic E-state index is 0.0745. The van der Waals surface area contributed by atoms with Gasteiger partial charge < -0.3 is 9.47 Å². The van der Waals surface area contributed by atoms with Crippen LogP contribution in [0.15, 0.2) is 18.2 Å². The highest BCUT2D eigenvalue weighted by atomic mass is 16.5. The molecule has 0 aliphatic heterocycles. The van der Waals surface area contributed by atoms with Crippen molar-refractivity contribution >= 4 is 11.7 Å². The molecule has 0 fully saturated rings. The third-order valence-electron chi connectivity index (χ3n) is 2.09. The van der Waals surface area contributed by atoms with Gasteiger partial charge in [0.15, 0.2) is 23.9 Å². The van der Waals surface area contributed by atoms with Gasteiger partial charge in [0.05, 0.1) is 7.11 Å². The van der Waals surface area contributed by atoms with Crippen molar-refractivity contribution in [1.82, 2.24) is 5.43 Å². The van der Waals surface area contributed by atoms with Crippen molar-refractivity contribution < 1.29 is 19.1 Å². The third-order valence-corrected chi connectivity index (χ3v) is 2.09. The van der Waals surface area contributed by atoms with Crippen LogP contribution in [0.2, 0.25) is 0 Å². The monoisotopic (exact) mass is 238 g/mol. The summed E-state index contributed by atoms with van der Waals surface area (Å²) in [7, 11) is 1.45. The Labute approximate surface area is 98.7 Å². The number of nitrogens with two attached hydrogens (primary N) is 1. The number of methoxy groups -OCH3 is 1. The molecular weight excluding hydrogens is 224 g/mol. The zero-order valence-electron chi connectivity index (χ0n) is 9.65. The van der Waals surface area contributed by atoms with Crippen LogP contribution in [-0.2, 0) is 4.79 Å². The summed E-state index contributed by atoms with van der Waals surface area (Å²) in [5, 5.41) is 0. The maximum atomic E-state index is 11.2. The molecule has 0 spiro atoms. The first-order valence-corrected chi connectivity index (χ1v) is 4.89. The van der Waals surface area contributed by atoms with Crippen molar-refractivity contribution in [2.45, 2.75) is 6.92 Å². The van der Waals surface area contributed by atoms with Gasteiger partial charge in [-0.2, -0.15) is 0 Å². The predicted molar refractivity (Wildman–Crippen MR) is 60.8 cm³/mol. The van der Waals surface area contributed by atoms with Crippen molar-refractivity contribution in [3.8, 4) is 11.5 Å². The fourth-order valence-corrected chi connectivity index (χ4v) is 1.19. The Morgan fingerprint density at radius 1 is 1.35 bits per heavy atom. The lowest BCUT2D eigenvalue weighted by atomic mass is 10.1. The SMILES string of the molecule is COc1cc(C(C)=O)ccc1OCC(=O)NN. The second-order valence-corrected chi connectivity index (χ2v) is 3.28. The molecule has 6 nitrogen and oxygen atoms in total. The Morgan fingerprint density at radius 3 is 2.59 bits per heavy atom. The number of ether oxygens (including phenoxy) is 2. The van der Waals surface area contributed by atoms with Gasteiger partial charge in [0.1, 0.15) is 0 Å². The number of carbonyl (C=O) groups excluding carboxylic acids is 2. The summed E-state index contributed by atoms with van der Waals surface area (Å²) in [5.74, 6) is 5.15. The Bertz CT molecular complexity index is 431. The molecule has 0 aliphatic rings. The van der Waals surface area contributed by atoms with Crippen LogP contribution in [0.3, 0.4) is 0 Å². The highest BCUT2D eigenvalue weighted by Gasteiger charge is 2.09. The largest absolute Gasteiger partial charge is 0.493 e. The Hall–Kier alpha value is -2.08. The average molecular weight is 238 g/mol. The van der Waals surface area contributed by atoms with E-state index in [0.717, 1.165) is 0 Å². The Morgan fingerprint density at radius 2 is 2.06 bits per heavy atom. The molecule has 92 valence electrons. The molecule has 0 saturated heterocycles. The number of hydrazine groups is 1. The summed E-state index contributed by atoms with van der Waals surface area (Å²) >= 11 is 0. The lowest BCUT2D eigenvalue weighted by Crippen LogP contribution is -2.34. The molecule has 0 aliphatic carbocycles. The third kappa shape index (κ3) is 3.46. The highest BCUT2D eigenvalue weighted by Crippen LogP contribution is 2.28. The second-order valence-electron chi connectivity index (χ2n) is 3.28. The molecule has 0 heterocycles. The first kappa shape index (κ1) is 13.0. The molecule has 0 aromatic heterocycles. The van der Waals surface area contributed by atoms with Gasteiger partial charge in [-0.15, -0.1) is 0 Å². The summed E-state index contributed by atoms with van der Waals surface area (Å²) < 4.78 is 10.2. The molecule has 0 atom stereocenters. The quantitative estimate of drug-likeness (QED) is 0.332. The van der Waals surface area contributed by atoms with Gasteiger partial charge >= 0.3 is 0 Å². The van der Waals surface area contributed by atoms with Crippen LogP contribution in [0.25, 0.3) is 0 Å². The van der Waals surface area contributed by atoms with Crippen molar-refractivity contribution in [2.24, 2.45) is 5.84 Å². The standard InChI is InChI=1S/C11H14N2O4/c1-7(14)8-3-4-9(10(5-8)16-2)17-6-11(15)13-12/h3-5H,6,12H2,1-2H3,(H,13,15). The molecule has 17 heavy (non-hydrogen) atoms. The number of nitrogens with one attached hydrogen (secondary N) is 1. The van der Waals surface area contributed by atoms with E-state index < -0.39 is 5.91 Å². The van der Waals surface area contributed by atoms with E-state index in [-0.39, 0.29) is 12.4 Å². The molecular formula is C11H14N2O4. The van der Waals surface area contributed by atoms with Crippen molar-refractivity contribution in [3.05, 3.63) is 23.8 Å². The summed E-state index contributed by atoms with van der Waals surface area (Å²) in [6.07, 6.45) is 0. The van der Waals surface area contributed by atoms with Gasteiger partial charge in [0.25, 0.3) is 5.91 Å². The van der Waals surface area contributed by atoms with Crippen LogP contribution in [0, 0.1) is 0 Å². The molecule has 1 rings (SSSR count). The van der Waals surface area contributed by atoms with Gasteiger partial charge in [-0.25, -0.2) is 5.84 Å². The number of hydrogen-bond acceptors (Lipinski definition) is 5. The summed E-state index contributed by atoms with van der Waals surface area (Å²) in [4.78, 5) is 22.1. The lowest BCUT2D eigenvalue weighted by molar-refractivity contribution is -0.123. The Balaban J connectivity index is 2.85. The van der Waals surface area contributed by atoms with Crippen LogP contribution in [-0.4, -0.2) is 25.4 Å². The van der Waals surface area contributed by atoms with Crippen LogP contribution < -0.4 is 20.7 Å². The first-order valence-electron chi connectivity index (χ1n) is 4.89. The summed E-state index contributed by atoms with van der Waals surface area (Å²) in [6.45, 7) is 1.24. The minimum atomic E-state index is -0.456. The zero-order valence-corrected chi connectivity index (χ0v) is 9.65. The van der Waals surface area contributed by atoms with E-state index in [1.54, 1.807) is 18.2 Å². The van der Waals surface area contributed by atoms with Gasteiger partial charge in [-0.05, 0) is 25.1 Å². The fourth-order valence-electron chi connectivity index (χ4n) is 1.19. The molecule has 0 unspecified atom stereocenters. The number of amides is 1. The molecule has 3 N–H and O–H groups in total. The van der Waals surface area contributed by atoms with Gasteiger partial charge in [-0.1, -0.05) is 0 Å². The van der Waals surface area contributed by atoms with Crippen molar-refractivity contribution in [3.63, 3.8) is 0 Å². The molecule has 0 radical (unpaired) electrons. The predicted octanol–water partition coefficient (Wildman–Crippen LogP) is 0.266. The minimum Gasteiger partial charge on any atom is -0.493 e. The number of rotatable bonds is 5. The topological polar surface area (TPSA) is 90.6 Å².